The first-order valence-electron chi connectivity index (χ1n) is 9.37. The summed E-state index contributed by atoms with van der Waals surface area (Å²) < 4.78 is 6.65. The molecule has 1 atom stereocenters. The van der Waals surface area contributed by atoms with Crippen LogP contribution in [0.2, 0.25) is 0 Å². The Bertz CT molecular complexity index is 762. The molecule has 7 nitrogen and oxygen atoms in total. The number of nitrogen functional groups attached to an aromatic ring is 1. The van der Waals surface area contributed by atoms with Gasteiger partial charge in [0.05, 0.1) is 12.9 Å². The molecule has 1 aliphatic heterocycles. The minimum absolute atomic E-state index is 0.159. The van der Waals surface area contributed by atoms with E-state index in [9.17, 15) is 4.79 Å². The number of methoxy groups -OCH3 is 1. The molecule has 0 unspecified atom stereocenters. The highest BCUT2D eigenvalue weighted by Gasteiger charge is 2.25. The number of ether oxygens (including phenoxy) is 1. The Morgan fingerprint density at radius 3 is 2.78 bits per heavy atom. The topological polar surface area (TPSA) is 86.3 Å². The number of hydrogen-bond donors (Lipinski definition) is 1. The molecule has 0 aliphatic carbocycles. The van der Waals surface area contributed by atoms with Gasteiger partial charge in [-0.2, -0.15) is 0 Å². The molecule has 1 aromatic heterocycles. The number of piperidine rings is 1. The SMILES string of the molecule is CC[C@H]1CCCCN1C(=O)CSc1nnc(Cc2ccc(OC)cc2)n1N. The number of thioether (sulfide) groups is 1. The zero-order chi connectivity index (χ0) is 19.2. The number of benzene rings is 1. The molecule has 8 heteroatoms. The number of amides is 1. The van der Waals surface area contributed by atoms with E-state index in [-0.39, 0.29) is 5.91 Å². The van der Waals surface area contributed by atoms with Crippen molar-refractivity contribution in [1.82, 2.24) is 19.8 Å². The van der Waals surface area contributed by atoms with Crippen LogP contribution < -0.4 is 10.6 Å². The molecule has 1 fully saturated rings. The minimum Gasteiger partial charge on any atom is -0.497 e. The van der Waals surface area contributed by atoms with E-state index in [0.717, 1.165) is 37.1 Å². The van der Waals surface area contributed by atoms with Gasteiger partial charge in [-0.1, -0.05) is 30.8 Å². The van der Waals surface area contributed by atoms with Crippen molar-refractivity contribution in [3.8, 4) is 5.75 Å². The van der Waals surface area contributed by atoms with Crippen molar-refractivity contribution in [2.75, 3.05) is 25.3 Å². The summed E-state index contributed by atoms with van der Waals surface area (Å²) in [7, 11) is 1.64. The van der Waals surface area contributed by atoms with Crippen LogP contribution in [-0.2, 0) is 11.2 Å². The molecule has 1 saturated heterocycles. The average molecular weight is 390 g/mol. The summed E-state index contributed by atoms with van der Waals surface area (Å²) in [5.74, 6) is 8.12. The van der Waals surface area contributed by atoms with Crippen LogP contribution in [0.4, 0.5) is 0 Å². The van der Waals surface area contributed by atoms with E-state index in [4.69, 9.17) is 10.6 Å². The van der Waals surface area contributed by atoms with Gasteiger partial charge in [0.15, 0.2) is 5.82 Å². The Balaban J connectivity index is 1.59. The standard InChI is InChI=1S/C19H27N5O2S/c1-3-15-6-4-5-11-23(15)18(25)13-27-19-22-21-17(24(19)20)12-14-7-9-16(26-2)10-8-14/h7-10,15H,3-6,11-13,20H2,1-2H3/t15-/m0/s1. The molecule has 0 spiro atoms. The lowest BCUT2D eigenvalue weighted by molar-refractivity contribution is -0.132. The third-order valence-electron chi connectivity index (χ3n) is 5.00. The number of nitrogens with zero attached hydrogens (tertiary/aromatic N) is 4. The van der Waals surface area contributed by atoms with Crippen molar-refractivity contribution >= 4 is 17.7 Å². The summed E-state index contributed by atoms with van der Waals surface area (Å²) in [5, 5.41) is 8.91. The molecule has 3 rings (SSSR count). The highest BCUT2D eigenvalue weighted by Crippen LogP contribution is 2.23. The van der Waals surface area contributed by atoms with Crippen LogP contribution in [-0.4, -0.2) is 51.1 Å². The van der Waals surface area contributed by atoms with Crippen molar-refractivity contribution in [3.05, 3.63) is 35.7 Å². The fraction of sp³-hybridized carbons (Fsp3) is 0.526. The number of nitrogens with two attached hydrogens (primary N) is 1. The lowest BCUT2D eigenvalue weighted by Gasteiger charge is -2.35. The molecular formula is C19H27N5O2S. The summed E-state index contributed by atoms with van der Waals surface area (Å²) in [6.07, 6.45) is 4.99. The monoisotopic (exact) mass is 389 g/mol. The van der Waals surface area contributed by atoms with Gasteiger partial charge in [-0.25, -0.2) is 4.68 Å². The Morgan fingerprint density at radius 1 is 1.30 bits per heavy atom. The first-order chi connectivity index (χ1) is 13.1. The van der Waals surface area contributed by atoms with Gasteiger partial charge in [-0.15, -0.1) is 10.2 Å². The zero-order valence-electron chi connectivity index (χ0n) is 15.9. The van der Waals surface area contributed by atoms with E-state index in [1.807, 2.05) is 29.2 Å². The Morgan fingerprint density at radius 2 is 2.07 bits per heavy atom. The van der Waals surface area contributed by atoms with E-state index < -0.39 is 0 Å². The largest absolute Gasteiger partial charge is 0.497 e. The van der Waals surface area contributed by atoms with E-state index in [0.29, 0.717) is 29.2 Å². The first kappa shape index (κ1) is 19.5. The van der Waals surface area contributed by atoms with Gasteiger partial charge in [0.1, 0.15) is 5.75 Å². The smallest absolute Gasteiger partial charge is 0.233 e. The van der Waals surface area contributed by atoms with Crippen molar-refractivity contribution < 1.29 is 9.53 Å². The van der Waals surface area contributed by atoms with Crippen LogP contribution in [0.3, 0.4) is 0 Å². The molecule has 0 radical (unpaired) electrons. The molecule has 2 aromatic rings. The second-order valence-corrected chi connectivity index (χ2v) is 7.67. The molecule has 2 heterocycles. The number of carbonyl (C=O) groups is 1. The molecular weight excluding hydrogens is 362 g/mol. The first-order valence-corrected chi connectivity index (χ1v) is 10.4. The maximum atomic E-state index is 12.6. The fourth-order valence-electron chi connectivity index (χ4n) is 3.41. The zero-order valence-corrected chi connectivity index (χ0v) is 16.7. The number of aromatic nitrogens is 3. The number of hydrogen-bond acceptors (Lipinski definition) is 6. The second-order valence-electron chi connectivity index (χ2n) is 6.73. The molecule has 1 aliphatic rings. The molecule has 2 N–H and O–H groups in total. The molecule has 0 bridgehead atoms. The number of carbonyl (C=O) groups excluding carboxylic acids is 1. The van der Waals surface area contributed by atoms with E-state index in [1.54, 1.807) is 7.11 Å². The second kappa shape index (κ2) is 9.12. The number of rotatable bonds is 7. The van der Waals surface area contributed by atoms with Gasteiger partial charge in [0, 0.05) is 19.0 Å². The van der Waals surface area contributed by atoms with Crippen LogP contribution in [0.25, 0.3) is 0 Å². The molecule has 0 saturated carbocycles. The van der Waals surface area contributed by atoms with Crippen LogP contribution in [0, 0.1) is 0 Å². The van der Waals surface area contributed by atoms with E-state index >= 15 is 0 Å². The van der Waals surface area contributed by atoms with Crippen molar-refractivity contribution in [2.45, 2.75) is 50.2 Å². The van der Waals surface area contributed by atoms with Crippen molar-refractivity contribution in [1.29, 1.82) is 0 Å². The summed E-state index contributed by atoms with van der Waals surface area (Å²) in [5.41, 5.74) is 1.07. The third-order valence-corrected chi connectivity index (χ3v) is 5.93. The maximum absolute atomic E-state index is 12.6. The maximum Gasteiger partial charge on any atom is 0.233 e. The van der Waals surface area contributed by atoms with Crippen LogP contribution in [0.1, 0.15) is 44.0 Å². The summed E-state index contributed by atoms with van der Waals surface area (Å²) in [6.45, 7) is 3.00. The molecule has 1 aromatic carbocycles. The van der Waals surface area contributed by atoms with Crippen LogP contribution in [0.15, 0.2) is 29.4 Å². The minimum atomic E-state index is 0.159. The highest BCUT2D eigenvalue weighted by atomic mass is 32.2. The van der Waals surface area contributed by atoms with Gasteiger partial charge in [-0.3, -0.25) is 4.79 Å². The van der Waals surface area contributed by atoms with Crippen molar-refractivity contribution in [2.24, 2.45) is 0 Å². The average Bonchev–Trinajstić information content (AvgIpc) is 3.06. The van der Waals surface area contributed by atoms with Crippen LogP contribution >= 0.6 is 11.8 Å². The third kappa shape index (κ3) is 4.74. The van der Waals surface area contributed by atoms with Crippen LogP contribution in [0.5, 0.6) is 5.75 Å². The predicted octanol–water partition coefficient (Wildman–Crippen LogP) is 2.47. The van der Waals surface area contributed by atoms with Gasteiger partial charge in [0.25, 0.3) is 0 Å². The lowest BCUT2D eigenvalue weighted by Crippen LogP contribution is -2.44. The van der Waals surface area contributed by atoms with Gasteiger partial charge in [-0.05, 0) is 43.4 Å². The van der Waals surface area contributed by atoms with E-state index in [1.165, 1.54) is 22.9 Å². The molecule has 27 heavy (non-hydrogen) atoms. The van der Waals surface area contributed by atoms with Gasteiger partial charge < -0.3 is 15.5 Å². The Kier molecular flexibility index (Phi) is 6.60. The fourth-order valence-corrected chi connectivity index (χ4v) is 4.18. The Hall–Kier alpha value is -2.22. The molecule has 146 valence electrons. The van der Waals surface area contributed by atoms with Gasteiger partial charge in [0.2, 0.25) is 11.1 Å². The normalized spacial score (nSPS) is 17.1. The quantitative estimate of drug-likeness (QED) is 0.578. The molecule has 1 amide bonds. The lowest BCUT2D eigenvalue weighted by atomic mass is 10.0. The summed E-state index contributed by atoms with van der Waals surface area (Å²) >= 11 is 1.35. The Labute approximate surface area is 164 Å². The van der Waals surface area contributed by atoms with E-state index in [2.05, 4.69) is 17.1 Å². The van der Waals surface area contributed by atoms with Gasteiger partial charge >= 0.3 is 0 Å². The summed E-state index contributed by atoms with van der Waals surface area (Å²) in [4.78, 5) is 14.6. The number of likely N-dealkylation sites (tertiary alicyclic amines) is 1. The summed E-state index contributed by atoms with van der Waals surface area (Å²) in [6, 6.07) is 8.14. The van der Waals surface area contributed by atoms with Crippen molar-refractivity contribution in [3.63, 3.8) is 0 Å². The predicted molar refractivity (Wildman–Crippen MR) is 106 cm³/mol. The highest BCUT2D eigenvalue weighted by molar-refractivity contribution is 7.99.